The lowest BCUT2D eigenvalue weighted by Crippen LogP contribution is -2.31. The molecule has 1 atom stereocenters. The third-order valence-corrected chi connectivity index (χ3v) is 6.49. The summed E-state index contributed by atoms with van der Waals surface area (Å²) in [4.78, 5) is 22.6. The SMILES string of the molecule is COc1cc(OC)c(C2C(C(=O)Nc3cccnc3)=C(C)Nc3nc(-c4ccccc4Cl)nn32)cc1OC. The Morgan fingerprint density at radius 1 is 1.03 bits per heavy atom. The minimum Gasteiger partial charge on any atom is -0.496 e. The van der Waals surface area contributed by atoms with Gasteiger partial charge in [-0.2, -0.15) is 4.98 Å². The van der Waals surface area contributed by atoms with E-state index in [0.29, 0.717) is 62.1 Å². The molecule has 1 aliphatic heterocycles. The first kappa shape index (κ1) is 25.1. The van der Waals surface area contributed by atoms with Crippen molar-refractivity contribution in [1.82, 2.24) is 19.7 Å². The van der Waals surface area contributed by atoms with Gasteiger partial charge in [-0.3, -0.25) is 9.78 Å². The van der Waals surface area contributed by atoms with Crippen LogP contribution < -0.4 is 24.8 Å². The van der Waals surface area contributed by atoms with Crippen molar-refractivity contribution in [3.05, 3.63) is 82.8 Å². The number of nitrogens with one attached hydrogen (secondary N) is 2. The standard InChI is InChI=1S/C27H25ClN6O4/c1-15-23(26(35)31-16-8-7-11-29-14-16)24(18-12-21(37-3)22(38-4)13-20(18)36-2)34-27(30-15)32-25(33-34)17-9-5-6-10-19(17)28/h5-14,24H,1-4H3,(H,31,35)(H,30,32,33). The number of ether oxygens (including phenoxy) is 3. The minimum atomic E-state index is -0.735. The number of anilines is 2. The molecule has 0 radical (unpaired) electrons. The van der Waals surface area contributed by atoms with Gasteiger partial charge in [0.25, 0.3) is 5.91 Å². The summed E-state index contributed by atoms with van der Waals surface area (Å²) in [5.41, 5.74) is 2.84. The predicted octanol–water partition coefficient (Wildman–Crippen LogP) is 4.95. The Balaban J connectivity index is 1.71. The van der Waals surface area contributed by atoms with Crippen LogP contribution in [0.2, 0.25) is 5.02 Å². The highest BCUT2D eigenvalue weighted by molar-refractivity contribution is 6.33. The van der Waals surface area contributed by atoms with E-state index >= 15 is 0 Å². The number of rotatable bonds is 7. The van der Waals surface area contributed by atoms with Crippen LogP contribution >= 0.6 is 11.6 Å². The van der Waals surface area contributed by atoms with E-state index in [9.17, 15) is 4.79 Å². The predicted molar refractivity (Wildman–Crippen MR) is 144 cm³/mol. The van der Waals surface area contributed by atoms with Crippen LogP contribution in [0.3, 0.4) is 0 Å². The van der Waals surface area contributed by atoms with Gasteiger partial charge in [-0.1, -0.05) is 23.7 Å². The van der Waals surface area contributed by atoms with Crippen LogP contribution in [0, 0.1) is 0 Å². The van der Waals surface area contributed by atoms with E-state index in [-0.39, 0.29) is 5.91 Å². The molecule has 2 N–H and O–H groups in total. The average molecular weight is 533 g/mol. The number of halogens is 1. The van der Waals surface area contributed by atoms with Crippen LogP contribution in [-0.2, 0) is 4.79 Å². The van der Waals surface area contributed by atoms with Gasteiger partial charge in [-0.05, 0) is 37.3 Å². The number of methoxy groups -OCH3 is 3. The molecule has 1 amide bonds. The third-order valence-electron chi connectivity index (χ3n) is 6.16. The number of carbonyl (C=O) groups excluding carboxylic acids is 1. The van der Waals surface area contributed by atoms with Crippen LogP contribution in [0.15, 0.2) is 72.2 Å². The van der Waals surface area contributed by atoms with Crippen molar-refractivity contribution in [3.8, 4) is 28.6 Å². The van der Waals surface area contributed by atoms with Crippen LogP contribution in [0.1, 0.15) is 18.5 Å². The molecule has 1 aliphatic rings. The first-order valence-corrected chi connectivity index (χ1v) is 12.0. The first-order valence-electron chi connectivity index (χ1n) is 11.7. The highest BCUT2D eigenvalue weighted by atomic mass is 35.5. The Hall–Kier alpha value is -4.57. The summed E-state index contributed by atoms with van der Waals surface area (Å²) >= 11 is 6.45. The summed E-state index contributed by atoms with van der Waals surface area (Å²) in [6.07, 6.45) is 3.21. The van der Waals surface area contributed by atoms with E-state index < -0.39 is 6.04 Å². The van der Waals surface area contributed by atoms with E-state index in [1.165, 1.54) is 0 Å². The highest BCUT2D eigenvalue weighted by Gasteiger charge is 2.37. The number of hydrogen-bond donors (Lipinski definition) is 2. The Morgan fingerprint density at radius 3 is 2.45 bits per heavy atom. The lowest BCUT2D eigenvalue weighted by molar-refractivity contribution is -0.113. The van der Waals surface area contributed by atoms with E-state index in [4.69, 9.17) is 35.9 Å². The molecule has 0 saturated heterocycles. The molecule has 2 aromatic heterocycles. The topological polar surface area (TPSA) is 112 Å². The van der Waals surface area contributed by atoms with Gasteiger partial charge in [0.2, 0.25) is 5.95 Å². The molecule has 0 saturated carbocycles. The average Bonchev–Trinajstić information content (AvgIpc) is 3.35. The van der Waals surface area contributed by atoms with Gasteiger partial charge in [-0.25, -0.2) is 4.68 Å². The zero-order valence-corrected chi connectivity index (χ0v) is 21.9. The molecule has 0 bridgehead atoms. The fraction of sp³-hybridized carbons (Fsp3) is 0.185. The zero-order valence-electron chi connectivity index (χ0n) is 21.2. The fourth-order valence-electron chi connectivity index (χ4n) is 4.39. The van der Waals surface area contributed by atoms with Gasteiger partial charge < -0.3 is 24.8 Å². The number of aromatic nitrogens is 4. The molecule has 194 valence electrons. The largest absolute Gasteiger partial charge is 0.496 e. The lowest BCUT2D eigenvalue weighted by atomic mass is 9.93. The second-order valence-electron chi connectivity index (χ2n) is 8.39. The quantitative estimate of drug-likeness (QED) is 0.344. The van der Waals surface area contributed by atoms with Crippen molar-refractivity contribution >= 4 is 29.1 Å². The Kier molecular flexibility index (Phi) is 6.89. The number of fused-ring (bicyclic) bond motifs is 1. The Morgan fingerprint density at radius 2 is 1.76 bits per heavy atom. The van der Waals surface area contributed by atoms with Crippen LogP contribution in [0.4, 0.5) is 11.6 Å². The van der Waals surface area contributed by atoms with E-state index in [1.54, 1.807) is 68.7 Å². The summed E-state index contributed by atoms with van der Waals surface area (Å²) in [6, 6.07) is 13.6. The van der Waals surface area contributed by atoms with Crippen molar-refractivity contribution in [2.45, 2.75) is 13.0 Å². The van der Waals surface area contributed by atoms with Crippen LogP contribution in [0.5, 0.6) is 17.2 Å². The van der Waals surface area contributed by atoms with E-state index in [1.807, 2.05) is 25.1 Å². The van der Waals surface area contributed by atoms with E-state index in [0.717, 1.165) is 0 Å². The molecule has 0 spiro atoms. The van der Waals surface area contributed by atoms with Gasteiger partial charge in [0.1, 0.15) is 11.8 Å². The van der Waals surface area contributed by atoms with Crippen molar-refractivity contribution in [2.24, 2.45) is 0 Å². The number of hydrogen-bond acceptors (Lipinski definition) is 8. The molecule has 1 unspecified atom stereocenters. The fourth-order valence-corrected chi connectivity index (χ4v) is 4.61. The van der Waals surface area contributed by atoms with Crippen LogP contribution in [-0.4, -0.2) is 47.0 Å². The Bertz CT molecular complexity index is 1540. The number of amides is 1. The minimum absolute atomic E-state index is 0.342. The first-order chi connectivity index (χ1) is 18.4. The lowest BCUT2D eigenvalue weighted by Gasteiger charge is -2.30. The molecular weight excluding hydrogens is 508 g/mol. The molecule has 3 heterocycles. The van der Waals surface area contributed by atoms with Gasteiger partial charge in [-0.15, -0.1) is 5.10 Å². The summed E-state index contributed by atoms with van der Waals surface area (Å²) in [5.74, 6) is 1.95. The van der Waals surface area contributed by atoms with E-state index in [2.05, 4.69) is 15.6 Å². The second-order valence-corrected chi connectivity index (χ2v) is 8.80. The maximum Gasteiger partial charge on any atom is 0.255 e. The molecule has 4 aromatic rings. The van der Waals surface area contributed by atoms with Gasteiger partial charge in [0, 0.05) is 29.1 Å². The summed E-state index contributed by atoms with van der Waals surface area (Å²) in [5, 5.41) is 11.5. The second kappa shape index (κ2) is 10.4. The van der Waals surface area contributed by atoms with Gasteiger partial charge >= 0.3 is 0 Å². The molecule has 5 rings (SSSR count). The molecule has 0 aliphatic carbocycles. The number of carbonyl (C=O) groups is 1. The molecule has 10 nitrogen and oxygen atoms in total. The number of nitrogens with zero attached hydrogens (tertiary/aromatic N) is 4. The summed E-state index contributed by atoms with van der Waals surface area (Å²) < 4.78 is 18.4. The Labute approximate surface area is 224 Å². The zero-order chi connectivity index (χ0) is 26.8. The maximum absolute atomic E-state index is 13.8. The smallest absolute Gasteiger partial charge is 0.255 e. The number of benzene rings is 2. The molecule has 38 heavy (non-hydrogen) atoms. The normalized spacial score (nSPS) is 14.4. The molecule has 2 aromatic carbocycles. The van der Waals surface area contributed by atoms with Crippen molar-refractivity contribution in [3.63, 3.8) is 0 Å². The van der Waals surface area contributed by atoms with Gasteiger partial charge in [0.15, 0.2) is 17.3 Å². The molecule has 0 fully saturated rings. The van der Waals surface area contributed by atoms with Crippen molar-refractivity contribution in [2.75, 3.05) is 32.0 Å². The number of allylic oxidation sites excluding steroid dienone is 1. The summed E-state index contributed by atoms with van der Waals surface area (Å²) in [7, 11) is 4.64. The summed E-state index contributed by atoms with van der Waals surface area (Å²) in [6.45, 7) is 1.81. The van der Waals surface area contributed by atoms with Crippen LogP contribution in [0.25, 0.3) is 11.4 Å². The third kappa shape index (κ3) is 4.50. The van der Waals surface area contributed by atoms with Crippen molar-refractivity contribution < 1.29 is 19.0 Å². The molecular formula is C27H25ClN6O4. The number of pyridine rings is 1. The monoisotopic (exact) mass is 532 g/mol. The van der Waals surface area contributed by atoms with Gasteiger partial charge in [0.05, 0.1) is 43.8 Å². The maximum atomic E-state index is 13.8. The highest BCUT2D eigenvalue weighted by Crippen LogP contribution is 2.44. The molecule has 11 heteroatoms. The van der Waals surface area contributed by atoms with Crippen molar-refractivity contribution in [1.29, 1.82) is 0 Å².